The van der Waals surface area contributed by atoms with E-state index in [4.69, 9.17) is 22.0 Å². The first kappa shape index (κ1) is 13.7. The van der Waals surface area contributed by atoms with Gasteiger partial charge in [-0.15, -0.1) is 0 Å². The van der Waals surface area contributed by atoms with Crippen molar-refractivity contribution in [2.45, 2.75) is 20.4 Å². The molecule has 0 unspecified atom stereocenters. The molecule has 6 nitrogen and oxygen atoms in total. The third-order valence-electron chi connectivity index (χ3n) is 2.90. The van der Waals surface area contributed by atoms with Crippen molar-refractivity contribution in [3.05, 3.63) is 39.2 Å². The largest absolute Gasteiger partial charge is 0.272 e. The molecule has 100 valence electrons. The van der Waals surface area contributed by atoms with E-state index < -0.39 is 5.41 Å². The van der Waals surface area contributed by atoms with Crippen molar-refractivity contribution < 1.29 is 9.63 Å². The highest BCUT2D eigenvalue weighted by molar-refractivity contribution is 6.31. The van der Waals surface area contributed by atoms with Gasteiger partial charge in [0, 0.05) is 15.6 Å². The zero-order valence-corrected chi connectivity index (χ0v) is 11.4. The summed E-state index contributed by atoms with van der Waals surface area (Å²) in [5.41, 5.74) is 9.02. The molecule has 0 radical (unpaired) electrons. The summed E-state index contributed by atoms with van der Waals surface area (Å²) in [5.74, 6) is -0.0670. The Labute approximate surface area is 115 Å². The fraction of sp³-hybridized carbons (Fsp3) is 0.417. The molecule has 0 aromatic heterocycles. The van der Waals surface area contributed by atoms with Crippen molar-refractivity contribution >= 4 is 23.2 Å². The molecule has 19 heavy (non-hydrogen) atoms. The van der Waals surface area contributed by atoms with Crippen LogP contribution in [0.3, 0.4) is 0 Å². The number of nitrogens with zero attached hydrogens (tertiary/aromatic N) is 4. The summed E-state index contributed by atoms with van der Waals surface area (Å²) in [7, 11) is 0. The number of amides is 1. The summed E-state index contributed by atoms with van der Waals surface area (Å²) >= 11 is 6.09. The topological polar surface area (TPSA) is 78.3 Å². The van der Waals surface area contributed by atoms with Crippen molar-refractivity contribution in [1.29, 1.82) is 0 Å². The van der Waals surface area contributed by atoms with E-state index in [1.807, 2.05) is 13.8 Å². The molecule has 7 heteroatoms. The van der Waals surface area contributed by atoms with E-state index in [0.29, 0.717) is 17.3 Å². The maximum atomic E-state index is 12.0. The van der Waals surface area contributed by atoms with E-state index in [0.717, 1.165) is 5.56 Å². The molecule has 1 fully saturated rings. The molecule has 0 N–H and O–H groups in total. The van der Waals surface area contributed by atoms with Crippen LogP contribution in [-0.2, 0) is 16.2 Å². The van der Waals surface area contributed by atoms with Crippen LogP contribution in [0.4, 0.5) is 5.69 Å². The summed E-state index contributed by atoms with van der Waals surface area (Å²) in [4.78, 5) is 20.1. The Bertz CT molecular complexity index is 567. The third-order valence-corrected chi connectivity index (χ3v) is 3.25. The number of hydroxylamine groups is 2. The van der Waals surface area contributed by atoms with E-state index in [1.165, 1.54) is 5.06 Å². The van der Waals surface area contributed by atoms with Gasteiger partial charge >= 0.3 is 0 Å². The number of azide groups is 1. The van der Waals surface area contributed by atoms with Gasteiger partial charge in [0.05, 0.1) is 18.6 Å². The molecule has 0 spiro atoms. The quantitative estimate of drug-likeness (QED) is 0.482. The Kier molecular flexibility index (Phi) is 3.66. The molecule has 0 bridgehead atoms. The fourth-order valence-corrected chi connectivity index (χ4v) is 1.98. The minimum atomic E-state index is -0.502. The highest BCUT2D eigenvalue weighted by Gasteiger charge is 2.40. The molecule has 1 aromatic carbocycles. The highest BCUT2D eigenvalue weighted by atomic mass is 35.5. The third kappa shape index (κ3) is 2.81. The van der Waals surface area contributed by atoms with Gasteiger partial charge in [-0.05, 0) is 31.0 Å². The van der Waals surface area contributed by atoms with Gasteiger partial charge in [0.15, 0.2) is 0 Å². The summed E-state index contributed by atoms with van der Waals surface area (Å²) in [6.45, 7) is 4.31. The average Bonchev–Trinajstić information content (AvgIpc) is 2.60. The molecule has 1 saturated heterocycles. The molecule has 0 aliphatic carbocycles. The van der Waals surface area contributed by atoms with Crippen LogP contribution in [0.5, 0.6) is 0 Å². The van der Waals surface area contributed by atoms with Gasteiger partial charge < -0.3 is 0 Å². The lowest BCUT2D eigenvalue weighted by Crippen LogP contribution is -2.30. The van der Waals surface area contributed by atoms with Gasteiger partial charge in [0.2, 0.25) is 0 Å². The average molecular weight is 281 g/mol. The SMILES string of the molecule is CC1(C)CON(Cc2ccc(N=[N+]=[N-])cc2Cl)C1=O. The van der Waals surface area contributed by atoms with Crippen molar-refractivity contribution in [1.82, 2.24) is 5.06 Å². The molecule has 0 saturated carbocycles. The Morgan fingerprint density at radius 2 is 2.32 bits per heavy atom. The van der Waals surface area contributed by atoms with Crippen LogP contribution < -0.4 is 0 Å². The molecule has 0 atom stereocenters. The minimum Gasteiger partial charge on any atom is -0.272 e. The molecule has 1 aliphatic rings. The summed E-state index contributed by atoms with van der Waals surface area (Å²) in [6, 6.07) is 4.92. The summed E-state index contributed by atoms with van der Waals surface area (Å²) in [5, 5.41) is 5.21. The Morgan fingerprint density at radius 1 is 1.58 bits per heavy atom. The van der Waals surface area contributed by atoms with Crippen LogP contribution >= 0.6 is 11.6 Å². The monoisotopic (exact) mass is 280 g/mol. The van der Waals surface area contributed by atoms with Crippen LogP contribution in [0, 0.1) is 5.41 Å². The van der Waals surface area contributed by atoms with Crippen LogP contribution in [0.15, 0.2) is 23.3 Å². The van der Waals surface area contributed by atoms with Crippen LogP contribution in [0.1, 0.15) is 19.4 Å². The molecule has 1 aliphatic heterocycles. The molecular weight excluding hydrogens is 268 g/mol. The number of benzene rings is 1. The van der Waals surface area contributed by atoms with E-state index in [2.05, 4.69) is 10.0 Å². The fourth-order valence-electron chi connectivity index (χ4n) is 1.75. The highest BCUT2D eigenvalue weighted by Crippen LogP contribution is 2.30. The van der Waals surface area contributed by atoms with Gasteiger partial charge in [-0.3, -0.25) is 9.63 Å². The molecule has 2 rings (SSSR count). The maximum Gasteiger partial charge on any atom is 0.254 e. The first-order valence-electron chi connectivity index (χ1n) is 5.72. The number of carbonyl (C=O) groups is 1. The van der Waals surface area contributed by atoms with Crippen molar-refractivity contribution in [2.75, 3.05) is 6.61 Å². The number of hydrogen-bond acceptors (Lipinski definition) is 3. The van der Waals surface area contributed by atoms with Gasteiger partial charge in [0.1, 0.15) is 0 Å². The first-order chi connectivity index (χ1) is 8.94. The van der Waals surface area contributed by atoms with Gasteiger partial charge in [-0.1, -0.05) is 28.8 Å². The normalized spacial score (nSPS) is 17.4. The van der Waals surface area contributed by atoms with Crippen molar-refractivity contribution in [2.24, 2.45) is 10.5 Å². The van der Waals surface area contributed by atoms with Crippen LogP contribution in [-0.4, -0.2) is 17.6 Å². The molecule has 1 amide bonds. The Balaban J connectivity index is 2.17. The maximum absolute atomic E-state index is 12.0. The number of rotatable bonds is 3. The lowest BCUT2D eigenvalue weighted by molar-refractivity contribution is -0.165. The standard InChI is InChI=1S/C12H13ClN4O2/c1-12(2)7-19-17(11(12)18)6-8-3-4-9(15-16-14)5-10(8)13/h3-5H,6-7H2,1-2H3. The predicted molar refractivity (Wildman–Crippen MR) is 70.5 cm³/mol. The second kappa shape index (κ2) is 5.09. The van der Waals surface area contributed by atoms with E-state index in [9.17, 15) is 4.79 Å². The Morgan fingerprint density at radius 3 is 2.84 bits per heavy atom. The lowest BCUT2D eigenvalue weighted by atomic mass is 9.95. The molecular formula is C12H13ClN4O2. The molecule has 1 aromatic rings. The minimum absolute atomic E-state index is 0.0670. The van der Waals surface area contributed by atoms with E-state index in [1.54, 1.807) is 18.2 Å². The Hall–Kier alpha value is -1.75. The first-order valence-corrected chi connectivity index (χ1v) is 6.10. The van der Waals surface area contributed by atoms with Gasteiger partial charge in [-0.2, -0.15) is 0 Å². The van der Waals surface area contributed by atoms with E-state index >= 15 is 0 Å². The summed E-state index contributed by atoms with van der Waals surface area (Å²) in [6.07, 6.45) is 0. The number of hydrogen-bond donors (Lipinski definition) is 0. The van der Waals surface area contributed by atoms with E-state index in [-0.39, 0.29) is 12.5 Å². The molecule has 1 heterocycles. The smallest absolute Gasteiger partial charge is 0.254 e. The van der Waals surface area contributed by atoms with Crippen LogP contribution in [0.2, 0.25) is 5.02 Å². The zero-order valence-electron chi connectivity index (χ0n) is 10.6. The second-order valence-electron chi connectivity index (χ2n) is 4.96. The lowest BCUT2D eigenvalue weighted by Gasteiger charge is -2.17. The van der Waals surface area contributed by atoms with Gasteiger partial charge in [-0.25, -0.2) is 5.06 Å². The zero-order chi connectivity index (χ0) is 14.0. The van der Waals surface area contributed by atoms with Crippen LogP contribution in [0.25, 0.3) is 10.4 Å². The number of halogens is 1. The predicted octanol–water partition coefficient (Wildman–Crippen LogP) is 3.58. The van der Waals surface area contributed by atoms with Crippen molar-refractivity contribution in [3.63, 3.8) is 0 Å². The summed E-state index contributed by atoms with van der Waals surface area (Å²) < 4.78 is 0. The van der Waals surface area contributed by atoms with Gasteiger partial charge in [0.25, 0.3) is 5.91 Å². The number of carbonyl (C=O) groups excluding carboxylic acids is 1. The van der Waals surface area contributed by atoms with Crippen molar-refractivity contribution in [3.8, 4) is 0 Å². The second-order valence-corrected chi connectivity index (χ2v) is 5.37.